The first-order valence-electron chi connectivity index (χ1n) is 4.63. The summed E-state index contributed by atoms with van der Waals surface area (Å²) < 4.78 is 1.82. The second kappa shape index (κ2) is 3.72. The van der Waals surface area contributed by atoms with Crippen LogP contribution in [0.3, 0.4) is 0 Å². The highest BCUT2D eigenvalue weighted by molar-refractivity contribution is 7.99. The number of thioether (sulfide) groups is 1. The molecule has 0 spiro atoms. The summed E-state index contributed by atoms with van der Waals surface area (Å²) in [4.78, 5) is 1.22. The smallest absolute Gasteiger partial charge is 0.0625 e. The Labute approximate surface area is 82.7 Å². The minimum atomic E-state index is 0.380. The van der Waals surface area contributed by atoms with E-state index >= 15 is 0 Å². The van der Waals surface area contributed by atoms with Gasteiger partial charge in [0.05, 0.1) is 6.20 Å². The van der Waals surface area contributed by atoms with Crippen molar-refractivity contribution >= 4 is 11.8 Å². The molecule has 72 valence electrons. The van der Waals surface area contributed by atoms with Gasteiger partial charge in [-0.2, -0.15) is 5.10 Å². The molecule has 0 aromatic carbocycles. The monoisotopic (exact) mass is 197 g/mol. The Kier molecular flexibility index (Phi) is 2.60. The van der Waals surface area contributed by atoms with Gasteiger partial charge in [-0.05, 0) is 18.8 Å². The summed E-state index contributed by atoms with van der Waals surface area (Å²) in [5, 5.41) is 4.11. The molecule has 1 heterocycles. The van der Waals surface area contributed by atoms with Crippen molar-refractivity contribution in [1.29, 1.82) is 0 Å². The van der Waals surface area contributed by atoms with Crippen molar-refractivity contribution in [3.8, 4) is 0 Å². The van der Waals surface area contributed by atoms with Gasteiger partial charge in [0.15, 0.2) is 0 Å². The highest BCUT2D eigenvalue weighted by Crippen LogP contribution is 2.33. The van der Waals surface area contributed by atoms with Gasteiger partial charge in [0, 0.05) is 29.9 Å². The molecule has 0 saturated heterocycles. The fourth-order valence-electron chi connectivity index (χ4n) is 1.33. The molecule has 0 bridgehead atoms. The predicted octanol–water partition coefficient (Wildman–Crippen LogP) is 1.25. The third-order valence-electron chi connectivity index (χ3n) is 2.35. The molecule has 0 amide bonds. The minimum Gasteiger partial charge on any atom is -0.327 e. The molecule has 1 aliphatic rings. The largest absolute Gasteiger partial charge is 0.327 e. The third kappa shape index (κ3) is 2.48. The van der Waals surface area contributed by atoms with Crippen LogP contribution in [0.25, 0.3) is 0 Å². The summed E-state index contributed by atoms with van der Waals surface area (Å²) in [6.07, 6.45) is 6.58. The zero-order chi connectivity index (χ0) is 9.26. The van der Waals surface area contributed by atoms with Crippen LogP contribution in [0.1, 0.15) is 12.8 Å². The number of aromatic nitrogens is 2. The molecule has 0 aliphatic heterocycles. The summed E-state index contributed by atoms with van der Waals surface area (Å²) in [5.74, 6) is 1.82. The summed E-state index contributed by atoms with van der Waals surface area (Å²) in [7, 11) is 1.94. The second-order valence-electron chi connectivity index (χ2n) is 3.66. The van der Waals surface area contributed by atoms with E-state index in [1.54, 1.807) is 0 Å². The molecule has 3 nitrogen and oxygen atoms in total. The van der Waals surface area contributed by atoms with E-state index in [2.05, 4.69) is 5.10 Å². The van der Waals surface area contributed by atoms with Crippen molar-refractivity contribution in [3.05, 3.63) is 12.4 Å². The summed E-state index contributed by atoms with van der Waals surface area (Å²) in [6.45, 7) is 0. The first kappa shape index (κ1) is 9.09. The molecule has 1 aliphatic carbocycles. The molecular formula is C9H15N3S. The van der Waals surface area contributed by atoms with Crippen LogP contribution >= 0.6 is 11.8 Å². The van der Waals surface area contributed by atoms with Crippen molar-refractivity contribution in [2.45, 2.75) is 23.8 Å². The maximum atomic E-state index is 5.99. The van der Waals surface area contributed by atoms with E-state index in [1.807, 2.05) is 35.9 Å². The van der Waals surface area contributed by atoms with E-state index in [0.717, 1.165) is 11.7 Å². The normalized spacial score (nSPS) is 18.9. The number of hydrogen-bond acceptors (Lipinski definition) is 3. The van der Waals surface area contributed by atoms with Gasteiger partial charge in [0.25, 0.3) is 0 Å². The molecule has 2 rings (SSSR count). The Balaban J connectivity index is 1.78. The standard InChI is InChI=1S/C9H15N3S/c1-12-5-8(4-11-12)13-6-9(10)7-2-3-7/h4-5,7,9H,2-3,6,10H2,1H3. The van der Waals surface area contributed by atoms with Gasteiger partial charge in [-0.15, -0.1) is 11.8 Å². The fraction of sp³-hybridized carbons (Fsp3) is 0.667. The van der Waals surface area contributed by atoms with Crippen molar-refractivity contribution in [3.63, 3.8) is 0 Å². The van der Waals surface area contributed by atoms with Crippen LogP contribution in [0, 0.1) is 5.92 Å². The van der Waals surface area contributed by atoms with Crippen LogP contribution in [0.2, 0.25) is 0 Å². The van der Waals surface area contributed by atoms with E-state index in [9.17, 15) is 0 Å². The first-order chi connectivity index (χ1) is 6.25. The van der Waals surface area contributed by atoms with Crippen LogP contribution < -0.4 is 5.73 Å². The lowest BCUT2D eigenvalue weighted by atomic mass is 10.2. The lowest BCUT2D eigenvalue weighted by Gasteiger charge is -2.07. The number of nitrogens with zero attached hydrogens (tertiary/aromatic N) is 2. The van der Waals surface area contributed by atoms with Crippen LogP contribution in [0.15, 0.2) is 17.3 Å². The SMILES string of the molecule is Cn1cc(SCC(N)C2CC2)cn1. The van der Waals surface area contributed by atoms with Crippen molar-refractivity contribution in [2.24, 2.45) is 18.7 Å². The molecule has 1 atom stereocenters. The molecule has 2 N–H and O–H groups in total. The highest BCUT2D eigenvalue weighted by Gasteiger charge is 2.28. The van der Waals surface area contributed by atoms with Crippen LogP contribution in [-0.4, -0.2) is 21.6 Å². The summed E-state index contributed by atoms with van der Waals surface area (Å²) in [5.41, 5.74) is 5.99. The molecular weight excluding hydrogens is 182 g/mol. The maximum absolute atomic E-state index is 5.99. The predicted molar refractivity (Wildman–Crippen MR) is 54.6 cm³/mol. The zero-order valence-corrected chi connectivity index (χ0v) is 8.63. The Bertz CT molecular complexity index is 280. The zero-order valence-electron chi connectivity index (χ0n) is 7.81. The Morgan fingerprint density at radius 3 is 3.08 bits per heavy atom. The Morgan fingerprint density at radius 1 is 1.77 bits per heavy atom. The van der Waals surface area contributed by atoms with Crippen LogP contribution in [-0.2, 0) is 7.05 Å². The van der Waals surface area contributed by atoms with E-state index in [0.29, 0.717) is 6.04 Å². The molecule has 13 heavy (non-hydrogen) atoms. The van der Waals surface area contributed by atoms with E-state index in [-0.39, 0.29) is 0 Å². The van der Waals surface area contributed by atoms with Gasteiger partial charge in [-0.1, -0.05) is 0 Å². The molecule has 1 unspecified atom stereocenters. The first-order valence-corrected chi connectivity index (χ1v) is 5.61. The summed E-state index contributed by atoms with van der Waals surface area (Å²) in [6, 6.07) is 0.380. The van der Waals surface area contributed by atoms with Gasteiger partial charge in [0.1, 0.15) is 0 Å². The lowest BCUT2D eigenvalue weighted by Crippen LogP contribution is -2.24. The van der Waals surface area contributed by atoms with Crippen LogP contribution in [0.5, 0.6) is 0 Å². The molecule has 1 fully saturated rings. The topological polar surface area (TPSA) is 43.8 Å². The van der Waals surface area contributed by atoms with Crippen molar-refractivity contribution in [2.75, 3.05) is 5.75 Å². The molecule has 1 saturated carbocycles. The lowest BCUT2D eigenvalue weighted by molar-refractivity contribution is 0.659. The average Bonchev–Trinajstić information content (AvgIpc) is 2.87. The summed E-state index contributed by atoms with van der Waals surface area (Å²) >= 11 is 1.81. The maximum Gasteiger partial charge on any atom is 0.0625 e. The second-order valence-corrected chi connectivity index (χ2v) is 4.76. The molecule has 0 radical (unpaired) electrons. The van der Waals surface area contributed by atoms with Gasteiger partial charge in [0.2, 0.25) is 0 Å². The highest BCUT2D eigenvalue weighted by atomic mass is 32.2. The molecule has 1 aromatic rings. The Hall–Kier alpha value is -0.480. The van der Waals surface area contributed by atoms with Gasteiger partial charge in [-0.3, -0.25) is 4.68 Å². The van der Waals surface area contributed by atoms with Gasteiger partial charge < -0.3 is 5.73 Å². The average molecular weight is 197 g/mol. The van der Waals surface area contributed by atoms with E-state index in [1.165, 1.54) is 17.7 Å². The van der Waals surface area contributed by atoms with E-state index < -0.39 is 0 Å². The number of hydrogen-bond donors (Lipinski definition) is 1. The molecule has 4 heteroatoms. The van der Waals surface area contributed by atoms with Gasteiger partial charge >= 0.3 is 0 Å². The van der Waals surface area contributed by atoms with Gasteiger partial charge in [-0.25, -0.2) is 0 Å². The number of aryl methyl sites for hydroxylation is 1. The van der Waals surface area contributed by atoms with E-state index in [4.69, 9.17) is 5.73 Å². The van der Waals surface area contributed by atoms with Crippen LogP contribution in [0.4, 0.5) is 0 Å². The fourth-order valence-corrected chi connectivity index (χ4v) is 2.33. The molecule has 1 aromatic heterocycles. The third-order valence-corrected chi connectivity index (χ3v) is 3.45. The van der Waals surface area contributed by atoms with Crippen molar-refractivity contribution < 1.29 is 0 Å². The van der Waals surface area contributed by atoms with Crippen molar-refractivity contribution in [1.82, 2.24) is 9.78 Å². The quantitative estimate of drug-likeness (QED) is 0.739. The number of nitrogens with two attached hydrogens (primary N) is 1. The minimum absolute atomic E-state index is 0.380. The Morgan fingerprint density at radius 2 is 2.54 bits per heavy atom. The number of rotatable bonds is 4.